The molecule has 1 aliphatic rings. The smallest absolute Gasteiger partial charge is 0.251 e. The van der Waals surface area contributed by atoms with Crippen LogP contribution >= 0.6 is 0 Å². The van der Waals surface area contributed by atoms with Crippen molar-refractivity contribution in [2.75, 3.05) is 26.7 Å². The monoisotopic (exact) mass is 276 g/mol. The van der Waals surface area contributed by atoms with Gasteiger partial charge < -0.3 is 16.0 Å². The van der Waals surface area contributed by atoms with Crippen LogP contribution in [0.2, 0.25) is 0 Å². The number of nitrogens with one attached hydrogen (secondary N) is 1. The molecule has 1 amide bonds. The highest BCUT2D eigenvalue weighted by Crippen LogP contribution is 2.18. The molecule has 1 aromatic rings. The number of piperidine rings is 1. The van der Waals surface area contributed by atoms with E-state index in [4.69, 9.17) is 5.73 Å². The first-order valence-corrected chi connectivity index (χ1v) is 7.31. The Balaban J connectivity index is 1.74. The van der Waals surface area contributed by atoms with Gasteiger partial charge in [-0.1, -0.05) is 0 Å². The maximum absolute atomic E-state index is 12.0. The second kappa shape index (κ2) is 7.36. The number of pyridine rings is 1. The fraction of sp³-hybridized carbons (Fsp3) is 0.600. The lowest BCUT2D eigenvalue weighted by atomic mass is 9.94. The second-order valence-electron chi connectivity index (χ2n) is 5.53. The van der Waals surface area contributed by atoms with E-state index in [1.807, 2.05) is 0 Å². The van der Waals surface area contributed by atoms with E-state index in [0.29, 0.717) is 12.1 Å². The van der Waals surface area contributed by atoms with E-state index >= 15 is 0 Å². The normalized spacial score (nSPS) is 17.1. The molecule has 110 valence electrons. The zero-order valence-electron chi connectivity index (χ0n) is 12.1. The molecule has 1 aromatic heterocycles. The molecule has 0 radical (unpaired) electrons. The van der Waals surface area contributed by atoms with Gasteiger partial charge in [-0.25, -0.2) is 0 Å². The van der Waals surface area contributed by atoms with Gasteiger partial charge in [-0.3, -0.25) is 9.78 Å². The quantitative estimate of drug-likeness (QED) is 0.841. The SMILES string of the molecule is CN1CCC(CCNC(=O)c2ccnc(CN)c2)CC1. The highest BCUT2D eigenvalue weighted by atomic mass is 16.1. The topological polar surface area (TPSA) is 71.2 Å². The van der Waals surface area contributed by atoms with Gasteiger partial charge in [0.25, 0.3) is 5.91 Å². The largest absolute Gasteiger partial charge is 0.352 e. The predicted octanol–water partition coefficient (Wildman–Crippen LogP) is 1.00. The van der Waals surface area contributed by atoms with Crippen LogP contribution in [-0.2, 0) is 6.54 Å². The number of likely N-dealkylation sites (tertiary alicyclic amines) is 1. The molecule has 0 unspecified atom stereocenters. The van der Waals surface area contributed by atoms with E-state index in [1.54, 1.807) is 18.3 Å². The third-order valence-electron chi connectivity index (χ3n) is 3.96. The van der Waals surface area contributed by atoms with Crippen LogP contribution < -0.4 is 11.1 Å². The van der Waals surface area contributed by atoms with Crippen molar-refractivity contribution in [3.8, 4) is 0 Å². The van der Waals surface area contributed by atoms with Crippen molar-refractivity contribution in [3.05, 3.63) is 29.6 Å². The Bertz CT molecular complexity index is 441. The number of aromatic nitrogens is 1. The number of nitrogens with zero attached hydrogens (tertiary/aromatic N) is 2. The number of nitrogens with two attached hydrogens (primary N) is 1. The van der Waals surface area contributed by atoms with Crippen LogP contribution in [0, 0.1) is 5.92 Å². The molecular formula is C15H24N4O. The molecule has 20 heavy (non-hydrogen) atoms. The molecule has 0 saturated carbocycles. The summed E-state index contributed by atoms with van der Waals surface area (Å²) in [5.74, 6) is 0.707. The van der Waals surface area contributed by atoms with Gasteiger partial charge in [0.05, 0.1) is 5.69 Å². The fourth-order valence-corrected chi connectivity index (χ4v) is 2.57. The summed E-state index contributed by atoms with van der Waals surface area (Å²) in [6.07, 6.45) is 5.17. The van der Waals surface area contributed by atoms with Crippen LogP contribution in [0.3, 0.4) is 0 Å². The van der Waals surface area contributed by atoms with E-state index in [9.17, 15) is 4.79 Å². The van der Waals surface area contributed by atoms with Crippen molar-refractivity contribution >= 4 is 5.91 Å². The van der Waals surface area contributed by atoms with Crippen molar-refractivity contribution < 1.29 is 4.79 Å². The minimum absolute atomic E-state index is 0.0324. The first-order valence-electron chi connectivity index (χ1n) is 7.31. The Hall–Kier alpha value is -1.46. The highest BCUT2D eigenvalue weighted by molar-refractivity contribution is 5.94. The molecule has 0 aliphatic carbocycles. The third-order valence-corrected chi connectivity index (χ3v) is 3.96. The molecule has 1 saturated heterocycles. The lowest BCUT2D eigenvalue weighted by molar-refractivity contribution is 0.0948. The lowest BCUT2D eigenvalue weighted by Gasteiger charge is -2.28. The lowest BCUT2D eigenvalue weighted by Crippen LogP contribution is -2.32. The Morgan fingerprint density at radius 1 is 1.50 bits per heavy atom. The number of hydrogen-bond donors (Lipinski definition) is 2. The fourth-order valence-electron chi connectivity index (χ4n) is 2.57. The first kappa shape index (κ1) is 14.9. The molecule has 5 heteroatoms. The average molecular weight is 276 g/mol. The number of hydrogen-bond acceptors (Lipinski definition) is 4. The van der Waals surface area contributed by atoms with Gasteiger partial charge in [0, 0.05) is 24.8 Å². The van der Waals surface area contributed by atoms with Crippen molar-refractivity contribution in [1.29, 1.82) is 0 Å². The zero-order valence-corrected chi connectivity index (χ0v) is 12.1. The Morgan fingerprint density at radius 2 is 2.25 bits per heavy atom. The molecule has 0 spiro atoms. The number of amides is 1. The summed E-state index contributed by atoms with van der Waals surface area (Å²) in [6.45, 7) is 3.44. The summed E-state index contributed by atoms with van der Waals surface area (Å²) in [5, 5.41) is 2.99. The second-order valence-corrected chi connectivity index (χ2v) is 5.53. The predicted molar refractivity (Wildman–Crippen MR) is 79.3 cm³/mol. The van der Waals surface area contributed by atoms with Crippen LogP contribution in [0.5, 0.6) is 0 Å². The summed E-state index contributed by atoms with van der Waals surface area (Å²) < 4.78 is 0. The van der Waals surface area contributed by atoms with Gasteiger partial charge in [-0.15, -0.1) is 0 Å². The van der Waals surface area contributed by atoms with Gasteiger partial charge in [-0.2, -0.15) is 0 Å². The first-order chi connectivity index (χ1) is 9.69. The molecule has 0 bridgehead atoms. The summed E-state index contributed by atoms with van der Waals surface area (Å²) in [5.41, 5.74) is 6.92. The molecule has 1 fully saturated rings. The van der Waals surface area contributed by atoms with Crippen LogP contribution in [0.25, 0.3) is 0 Å². The van der Waals surface area contributed by atoms with Gasteiger partial charge in [-0.05, 0) is 57.5 Å². The Labute approximate surface area is 120 Å². The van der Waals surface area contributed by atoms with Crippen molar-refractivity contribution in [3.63, 3.8) is 0 Å². The molecule has 3 N–H and O–H groups in total. The molecule has 2 heterocycles. The summed E-state index contributed by atoms with van der Waals surface area (Å²) >= 11 is 0. The highest BCUT2D eigenvalue weighted by Gasteiger charge is 2.16. The maximum Gasteiger partial charge on any atom is 0.251 e. The molecule has 0 aromatic carbocycles. The molecule has 2 rings (SSSR count). The van der Waals surface area contributed by atoms with E-state index in [2.05, 4.69) is 22.2 Å². The Morgan fingerprint density at radius 3 is 2.95 bits per heavy atom. The van der Waals surface area contributed by atoms with Gasteiger partial charge in [0.2, 0.25) is 0 Å². The summed E-state index contributed by atoms with van der Waals surface area (Å²) in [7, 11) is 2.16. The van der Waals surface area contributed by atoms with Crippen LogP contribution in [0.4, 0.5) is 0 Å². The van der Waals surface area contributed by atoms with E-state index in [-0.39, 0.29) is 5.91 Å². The van der Waals surface area contributed by atoms with Gasteiger partial charge >= 0.3 is 0 Å². The third kappa shape index (κ3) is 4.28. The van der Waals surface area contributed by atoms with Crippen molar-refractivity contribution in [2.45, 2.75) is 25.8 Å². The minimum atomic E-state index is -0.0324. The Kier molecular flexibility index (Phi) is 5.49. The molecule has 1 aliphatic heterocycles. The van der Waals surface area contributed by atoms with E-state index < -0.39 is 0 Å². The maximum atomic E-state index is 12.0. The van der Waals surface area contributed by atoms with E-state index in [1.165, 1.54) is 25.9 Å². The summed E-state index contributed by atoms with van der Waals surface area (Å²) in [4.78, 5) is 18.5. The van der Waals surface area contributed by atoms with E-state index in [0.717, 1.165) is 24.6 Å². The molecule has 5 nitrogen and oxygen atoms in total. The number of rotatable bonds is 5. The van der Waals surface area contributed by atoms with Crippen LogP contribution in [0.15, 0.2) is 18.3 Å². The standard InChI is InChI=1S/C15H24N4O/c1-19-8-4-12(5-9-19)2-6-18-15(20)13-3-7-17-14(10-13)11-16/h3,7,10,12H,2,4-6,8-9,11,16H2,1H3,(H,18,20). The average Bonchev–Trinajstić information content (AvgIpc) is 2.49. The van der Waals surface area contributed by atoms with Gasteiger partial charge in [0.1, 0.15) is 0 Å². The minimum Gasteiger partial charge on any atom is -0.352 e. The zero-order chi connectivity index (χ0) is 14.4. The van der Waals surface area contributed by atoms with Crippen molar-refractivity contribution in [1.82, 2.24) is 15.2 Å². The molecule has 0 atom stereocenters. The summed E-state index contributed by atoms with van der Waals surface area (Å²) in [6, 6.07) is 3.48. The number of carbonyl (C=O) groups excluding carboxylic acids is 1. The number of carbonyl (C=O) groups is 1. The molecular weight excluding hydrogens is 252 g/mol. The van der Waals surface area contributed by atoms with Crippen LogP contribution in [0.1, 0.15) is 35.3 Å². The van der Waals surface area contributed by atoms with Gasteiger partial charge in [0.15, 0.2) is 0 Å². The van der Waals surface area contributed by atoms with Crippen LogP contribution in [-0.4, -0.2) is 42.5 Å². The van der Waals surface area contributed by atoms with Crippen molar-refractivity contribution in [2.24, 2.45) is 11.7 Å².